The fourth-order valence-corrected chi connectivity index (χ4v) is 2.48. The van der Waals surface area contributed by atoms with Gasteiger partial charge < -0.3 is 20.7 Å². The van der Waals surface area contributed by atoms with E-state index >= 15 is 0 Å². The minimum atomic E-state index is 0.712. The molecule has 0 saturated carbocycles. The number of aromatic nitrogens is 1. The van der Waals surface area contributed by atoms with Gasteiger partial charge in [-0.05, 0) is 31.3 Å². The molecule has 0 aliphatic heterocycles. The average molecular weight is 288 g/mol. The zero-order valence-electron chi connectivity index (χ0n) is 13.0. The van der Waals surface area contributed by atoms with Crippen LogP contribution in [0, 0.1) is 0 Å². The molecule has 5 heteroatoms. The second-order valence-corrected chi connectivity index (χ2v) is 4.89. The van der Waals surface area contributed by atoms with Crippen molar-refractivity contribution < 1.29 is 4.74 Å². The monoisotopic (exact) mass is 288 g/mol. The van der Waals surface area contributed by atoms with Crippen molar-refractivity contribution in [1.29, 1.82) is 0 Å². The second kappa shape index (κ2) is 7.13. The maximum absolute atomic E-state index is 6.12. The highest BCUT2D eigenvalue weighted by molar-refractivity contribution is 6.03. The molecule has 21 heavy (non-hydrogen) atoms. The number of benzene rings is 1. The Balaban J connectivity index is 2.24. The van der Waals surface area contributed by atoms with Crippen LogP contribution in [0.25, 0.3) is 10.8 Å². The summed E-state index contributed by atoms with van der Waals surface area (Å²) in [6.07, 6.45) is 1.78. The molecule has 0 fully saturated rings. The van der Waals surface area contributed by atoms with E-state index in [2.05, 4.69) is 29.0 Å². The van der Waals surface area contributed by atoms with Crippen LogP contribution in [0.3, 0.4) is 0 Å². The minimum absolute atomic E-state index is 0.712. The van der Waals surface area contributed by atoms with E-state index < -0.39 is 0 Å². The molecule has 2 rings (SSSR count). The van der Waals surface area contributed by atoms with Gasteiger partial charge >= 0.3 is 0 Å². The van der Waals surface area contributed by atoms with Crippen LogP contribution in [0.15, 0.2) is 24.4 Å². The molecule has 3 N–H and O–H groups in total. The third-order valence-corrected chi connectivity index (χ3v) is 3.75. The summed E-state index contributed by atoms with van der Waals surface area (Å²) in [7, 11) is 1.67. The molecule has 0 saturated heterocycles. The van der Waals surface area contributed by atoms with E-state index in [1.54, 1.807) is 13.3 Å². The molecule has 2 aromatic rings. The molecule has 0 spiro atoms. The highest BCUT2D eigenvalue weighted by Crippen LogP contribution is 2.33. The zero-order chi connectivity index (χ0) is 15.2. The fraction of sp³-hybridized carbons (Fsp3) is 0.438. The average Bonchev–Trinajstić information content (AvgIpc) is 2.52. The topological polar surface area (TPSA) is 63.4 Å². The van der Waals surface area contributed by atoms with Gasteiger partial charge in [0.15, 0.2) is 0 Å². The molecule has 1 heterocycles. The van der Waals surface area contributed by atoms with Crippen LogP contribution in [0.5, 0.6) is 5.75 Å². The van der Waals surface area contributed by atoms with Gasteiger partial charge in [-0.25, -0.2) is 4.98 Å². The summed E-state index contributed by atoms with van der Waals surface area (Å²) in [4.78, 5) is 6.79. The number of hydrogen-bond donors (Lipinski definition) is 2. The Morgan fingerprint density at radius 1 is 1.24 bits per heavy atom. The number of hydrogen-bond acceptors (Lipinski definition) is 5. The number of nitrogens with zero attached hydrogens (tertiary/aromatic N) is 2. The molecular weight excluding hydrogens is 264 g/mol. The van der Waals surface area contributed by atoms with Gasteiger partial charge in [-0.3, -0.25) is 0 Å². The van der Waals surface area contributed by atoms with E-state index in [0.29, 0.717) is 5.69 Å². The number of methoxy groups -OCH3 is 1. The van der Waals surface area contributed by atoms with E-state index in [0.717, 1.165) is 48.5 Å². The van der Waals surface area contributed by atoms with Crippen molar-refractivity contribution in [2.75, 3.05) is 44.3 Å². The van der Waals surface area contributed by atoms with Crippen molar-refractivity contribution in [2.45, 2.75) is 13.8 Å². The Labute approximate surface area is 126 Å². The zero-order valence-corrected chi connectivity index (χ0v) is 13.0. The van der Waals surface area contributed by atoms with Crippen molar-refractivity contribution in [1.82, 2.24) is 9.88 Å². The third kappa shape index (κ3) is 3.36. The first-order valence-electron chi connectivity index (χ1n) is 7.38. The molecule has 1 aromatic carbocycles. The summed E-state index contributed by atoms with van der Waals surface area (Å²) in [5.74, 6) is 1.63. The Hall–Kier alpha value is -2.01. The lowest BCUT2D eigenvalue weighted by Gasteiger charge is -2.19. The van der Waals surface area contributed by atoms with Crippen LogP contribution >= 0.6 is 0 Å². The molecule has 0 atom stereocenters. The number of pyridine rings is 1. The number of anilines is 2. The van der Waals surface area contributed by atoms with Crippen LogP contribution in [0.2, 0.25) is 0 Å². The molecule has 114 valence electrons. The molecule has 0 amide bonds. The first-order valence-corrected chi connectivity index (χ1v) is 7.38. The largest absolute Gasteiger partial charge is 0.496 e. The van der Waals surface area contributed by atoms with Gasteiger partial charge in [0.05, 0.1) is 12.5 Å². The van der Waals surface area contributed by atoms with E-state index in [1.165, 1.54) is 0 Å². The number of nitrogens with one attached hydrogen (secondary N) is 1. The molecular formula is C16H24N4O. The van der Waals surface area contributed by atoms with Gasteiger partial charge in [0, 0.05) is 30.4 Å². The minimum Gasteiger partial charge on any atom is -0.496 e. The van der Waals surface area contributed by atoms with Crippen molar-refractivity contribution in [3.05, 3.63) is 24.4 Å². The lowest BCUT2D eigenvalue weighted by molar-refractivity contribution is 0.316. The maximum Gasteiger partial charge on any atom is 0.136 e. The van der Waals surface area contributed by atoms with E-state index in [1.807, 2.05) is 18.2 Å². The lowest BCUT2D eigenvalue weighted by Crippen LogP contribution is -2.28. The third-order valence-electron chi connectivity index (χ3n) is 3.75. The Kier molecular flexibility index (Phi) is 5.22. The van der Waals surface area contributed by atoms with Crippen LogP contribution in [0.4, 0.5) is 11.5 Å². The van der Waals surface area contributed by atoms with Crippen LogP contribution in [-0.4, -0.2) is 43.2 Å². The summed E-state index contributed by atoms with van der Waals surface area (Å²) >= 11 is 0. The number of nitrogens with two attached hydrogens (primary N) is 1. The van der Waals surface area contributed by atoms with E-state index in [4.69, 9.17) is 10.5 Å². The van der Waals surface area contributed by atoms with Gasteiger partial charge in [-0.2, -0.15) is 0 Å². The maximum atomic E-state index is 6.12. The molecule has 0 aliphatic rings. The lowest BCUT2D eigenvalue weighted by atomic mass is 10.1. The highest BCUT2D eigenvalue weighted by atomic mass is 16.5. The Bertz CT molecular complexity index is 596. The van der Waals surface area contributed by atoms with Crippen LogP contribution in [-0.2, 0) is 0 Å². The first kappa shape index (κ1) is 15.4. The highest BCUT2D eigenvalue weighted by Gasteiger charge is 2.10. The summed E-state index contributed by atoms with van der Waals surface area (Å²) in [6.45, 7) is 8.26. The van der Waals surface area contributed by atoms with Gasteiger partial charge in [0.2, 0.25) is 0 Å². The van der Waals surface area contributed by atoms with Crippen LogP contribution < -0.4 is 15.8 Å². The van der Waals surface area contributed by atoms with Gasteiger partial charge in [-0.1, -0.05) is 13.8 Å². The molecule has 5 nitrogen and oxygen atoms in total. The predicted octanol–water partition coefficient (Wildman–Crippen LogP) is 2.58. The number of ether oxygens (including phenoxy) is 1. The number of nitrogen functional groups attached to an aromatic ring is 1. The molecule has 0 bridgehead atoms. The van der Waals surface area contributed by atoms with Gasteiger partial charge in [-0.15, -0.1) is 0 Å². The standard InChI is InChI=1S/C16H24N4O/c1-4-20(5-2)11-10-19-16-15-12(8-9-18-16)14(21-3)7-6-13(15)17/h6-9H,4-5,10-11,17H2,1-3H3,(H,18,19). The second-order valence-electron chi connectivity index (χ2n) is 4.89. The van der Waals surface area contributed by atoms with Crippen molar-refractivity contribution in [3.63, 3.8) is 0 Å². The van der Waals surface area contributed by atoms with Gasteiger partial charge in [0.25, 0.3) is 0 Å². The van der Waals surface area contributed by atoms with Crippen molar-refractivity contribution in [2.24, 2.45) is 0 Å². The number of rotatable bonds is 7. The predicted molar refractivity (Wildman–Crippen MR) is 89.0 cm³/mol. The molecule has 0 aliphatic carbocycles. The Morgan fingerprint density at radius 3 is 2.67 bits per heavy atom. The summed E-state index contributed by atoms with van der Waals surface area (Å²) in [6, 6.07) is 5.68. The van der Waals surface area contributed by atoms with Crippen molar-refractivity contribution in [3.8, 4) is 5.75 Å². The fourth-order valence-electron chi connectivity index (χ4n) is 2.48. The number of likely N-dealkylation sites (N-methyl/N-ethyl adjacent to an activating group) is 1. The summed E-state index contributed by atoms with van der Waals surface area (Å²) in [5.41, 5.74) is 6.83. The van der Waals surface area contributed by atoms with Gasteiger partial charge in [0.1, 0.15) is 11.6 Å². The molecule has 0 radical (unpaired) electrons. The van der Waals surface area contributed by atoms with Crippen molar-refractivity contribution >= 4 is 22.3 Å². The van der Waals surface area contributed by atoms with E-state index in [-0.39, 0.29) is 0 Å². The quantitative estimate of drug-likeness (QED) is 0.767. The van der Waals surface area contributed by atoms with Crippen LogP contribution in [0.1, 0.15) is 13.8 Å². The summed E-state index contributed by atoms with van der Waals surface area (Å²) in [5, 5.41) is 5.30. The Morgan fingerprint density at radius 2 is 2.00 bits per heavy atom. The smallest absolute Gasteiger partial charge is 0.136 e. The first-order chi connectivity index (χ1) is 10.2. The SMILES string of the molecule is CCN(CC)CCNc1nccc2c(OC)ccc(N)c12. The van der Waals surface area contributed by atoms with E-state index in [9.17, 15) is 0 Å². The normalized spacial score (nSPS) is 11.0. The molecule has 1 aromatic heterocycles. The molecule has 0 unspecified atom stereocenters. The number of fused-ring (bicyclic) bond motifs is 1. The summed E-state index contributed by atoms with van der Waals surface area (Å²) < 4.78 is 5.40.